The predicted octanol–water partition coefficient (Wildman–Crippen LogP) is 3.67. The fourth-order valence-electron chi connectivity index (χ4n) is 2.74. The highest BCUT2D eigenvalue weighted by Crippen LogP contribution is 2.27. The van der Waals surface area contributed by atoms with Crippen molar-refractivity contribution in [2.75, 3.05) is 6.54 Å². The van der Waals surface area contributed by atoms with Crippen molar-refractivity contribution in [1.82, 2.24) is 15.1 Å². The number of nitrogens with zero attached hydrogens (tertiary/aromatic N) is 2. The van der Waals surface area contributed by atoms with E-state index in [2.05, 4.69) is 29.2 Å². The lowest BCUT2D eigenvalue weighted by molar-refractivity contribution is 0.327. The van der Waals surface area contributed by atoms with E-state index in [1.807, 2.05) is 0 Å². The molecular weight excluding hydrogens is 222 g/mol. The third kappa shape index (κ3) is 4.13. The fourth-order valence-corrected chi connectivity index (χ4v) is 2.74. The Morgan fingerprint density at radius 3 is 2.89 bits per heavy atom. The van der Waals surface area contributed by atoms with Gasteiger partial charge in [0, 0.05) is 12.7 Å². The molecule has 0 aromatic carbocycles. The predicted molar refractivity (Wildman–Crippen MR) is 75.6 cm³/mol. The summed E-state index contributed by atoms with van der Waals surface area (Å²) in [6.45, 7) is 4.28. The zero-order valence-corrected chi connectivity index (χ0v) is 11.7. The van der Waals surface area contributed by atoms with Gasteiger partial charge < -0.3 is 5.32 Å². The highest BCUT2D eigenvalue weighted by atomic mass is 15.3. The highest BCUT2D eigenvalue weighted by Gasteiger charge is 2.15. The lowest BCUT2D eigenvalue weighted by atomic mass is 9.96. The second kappa shape index (κ2) is 7.57. The maximum absolute atomic E-state index is 4.71. The SMILES string of the molecule is CCCCCNCc1ccn(C2CCCCC2)n1. The molecule has 0 amide bonds. The molecule has 0 atom stereocenters. The zero-order chi connectivity index (χ0) is 12.6. The lowest BCUT2D eigenvalue weighted by Crippen LogP contribution is -2.17. The molecule has 3 heteroatoms. The second-order valence-electron chi connectivity index (χ2n) is 5.46. The minimum atomic E-state index is 0.660. The Morgan fingerprint density at radius 2 is 2.11 bits per heavy atom. The first-order valence-electron chi connectivity index (χ1n) is 7.65. The lowest BCUT2D eigenvalue weighted by Gasteiger charge is -2.21. The summed E-state index contributed by atoms with van der Waals surface area (Å²) in [7, 11) is 0. The quantitative estimate of drug-likeness (QED) is 0.747. The molecule has 0 saturated heterocycles. The van der Waals surface area contributed by atoms with Crippen LogP contribution in [0.15, 0.2) is 12.3 Å². The molecule has 1 saturated carbocycles. The smallest absolute Gasteiger partial charge is 0.0762 e. The Hall–Kier alpha value is -0.830. The largest absolute Gasteiger partial charge is 0.311 e. The summed E-state index contributed by atoms with van der Waals surface area (Å²) < 4.78 is 2.20. The van der Waals surface area contributed by atoms with Crippen LogP contribution in [0.5, 0.6) is 0 Å². The molecule has 0 aliphatic heterocycles. The Labute approximate surface area is 111 Å². The van der Waals surface area contributed by atoms with E-state index >= 15 is 0 Å². The Balaban J connectivity index is 1.72. The molecule has 18 heavy (non-hydrogen) atoms. The van der Waals surface area contributed by atoms with Crippen LogP contribution in [0, 0.1) is 0 Å². The number of unbranched alkanes of at least 4 members (excludes halogenated alkanes) is 2. The average Bonchev–Trinajstić information content (AvgIpc) is 2.88. The third-order valence-electron chi connectivity index (χ3n) is 3.88. The van der Waals surface area contributed by atoms with Gasteiger partial charge in [0.1, 0.15) is 0 Å². The fraction of sp³-hybridized carbons (Fsp3) is 0.800. The minimum Gasteiger partial charge on any atom is -0.311 e. The van der Waals surface area contributed by atoms with Crippen LogP contribution in [-0.4, -0.2) is 16.3 Å². The molecule has 3 nitrogen and oxygen atoms in total. The highest BCUT2D eigenvalue weighted by molar-refractivity contribution is 4.99. The molecule has 1 aliphatic rings. The van der Waals surface area contributed by atoms with E-state index < -0.39 is 0 Å². The van der Waals surface area contributed by atoms with Gasteiger partial charge in [-0.15, -0.1) is 0 Å². The molecule has 0 unspecified atom stereocenters. The van der Waals surface area contributed by atoms with Crippen LogP contribution in [0.25, 0.3) is 0 Å². The first kappa shape index (κ1) is 13.6. The number of rotatable bonds is 7. The number of hydrogen-bond donors (Lipinski definition) is 1. The molecule has 1 aromatic heterocycles. The summed E-state index contributed by atoms with van der Waals surface area (Å²) in [5.74, 6) is 0. The van der Waals surface area contributed by atoms with E-state index in [0.29, 0.717) is 6.04 Å². The number of nitrogens with one attached hydrogen (secondary N) is 1. The van der Waals surface area contributed by atoms with Crippen molar-refractivity contribution in [3.63, 3.8) is 0 Å². The van der Waals surface area contributed by atoms with Crippen LogP contribution in [-0.2, 0) is 6.54 Å². The van der Waals surface area contributed by atoms with Crippen molar-refractivity contribution in [3.8, 4) is 0 Å². The molecule has 0 radical (unpaired) electrons. The van der Waals surface area contributed by atoms with Crippen LogP contribution in [0.4, 0.5) is 0 Å². The van der Waals surface area contributed by atoms with E-state index in [0.717, 1.165) is 13.1 Å². The zero-order valence-electron chi connectivity index (χ0n) is 11.7. The Kier molecular flexibility index (Phi) is 5.72. The first-order chi connectivity index (χ1) is 8.90. The summed E-state index contributed by atoms with van der Waals surface area (Å²) in [5, 5.41) is 8.18. The molecule has 1 N–H and O–H groups in total. The van der Waals surface area contributed by atoms with Gasteiger partial charge in [0.05, 0.1) is 11.7 Å². The van der Waals surface area contributed by atoms with Gasteiger partial charge in [0.25, 0.3) is 0 Å². The van der Waals surface area contributed by atoms with Crippen LogP contribution in [0.1, 0.15) is 70.0 Å². The molecule has 1 heterocycles. The standard InChI is InChI=1S/C15H27N3/c1-2-3-7-11-16-13-14-10-12-18(17-14)15-8-5-4-6-9-15/h10,12,15-16H,2-9,11,13H2,1H3. The van der Waals surface area contributed by atoms with Crippen molar-refractivity contribution >= 4 is 0 Å². The molecule has 102 valence electrons. The number of aromatic nitrogens is 2. The maximum atomic E-state index is 4.71. The van der Waals surface area contributed by atoms with Crippen LogP contribution < -0.4 is 5.32 Å². The monoisotopic (exact) mass is 249 g/mol. The van der Waals surface area contributed by atoms with E-state index in [1.54, 1.807) is 0 Å². The normalized spacial score (nSPS) is 17.2. The summed E-state index contributed by atoms with van der Waals surface area (Å²) in [5.41, 5.74) is 1.19. The molecular formula is C15H27N3. The molecule has 2 rings (SSSR count). The van der Waals surface area contributed by atoms with Crippen molar-refractivity contribution in [1.29, 1.82) is 0 Å². The van der Waals surface area contributed by atoms with Gasteiger partial charge in [0.2, 0.25) is 0 Å². The van der Waals surface area contributed by atoms with Gasteiger partial charge in [0.15, 0.2) is 0 Å². The van der Waals surface area contributed by atoms with E-state index in [-0.39, 0.29) is 0 Å². The molecule has 1 fully saturated rings. The number of hydrogen-bond acceptors (Lipinski definition) is 2. The summed E-state index contributed by atoms with van der Waals surface area (Å²) in [4.78, 5) is 0. The Morgan fingerprint density at radius 1 is 1.28 bits per heavy atom. The topological polar surface area (TPSA) is 29.9 Å². The van der Waals surface area contributed by atoms with Crippen molar-refractivity contribution < 1.29 is 0 Å². The molecule has 1 aliphatic carbocycles. The Bertz CT molecular complexity index is 326. The van der Waals surface area contributed by atoms with E-state index in [1.165, 1.54) is 57.1 Å². The van der Waals surface area contributed by atoms with Gasteiger partial charge in [-0.2, -0.15) is 5.10 Å². The van der Waals surface area contributed by atoms with Gasteiger partial charge >= 0.3 is 0 Å². The van der Waals surface area contributed by atoms with E-state index in [9.17, 15) is 0 Å². The van der Waals surface area contributed by atoms with E-state index in [4.69, 9.17) is 5.10 Å². The van der Waals surface area contributed by atoms with Gasteiger partial charge in [-0.3, -0.25) is 4.68 Å². The van der Waals surface area contributed by atoms with Crippen LogP contribution in [0.2, 0.25) is 0 Å². The van der Waals surface area contributed by atoms with Crippen molar-refractivity contribution in [2.24, 2.45) is 0 Å². The maximum Gasteiger partial charge on any atom is 0.0762 e. The van der Waals surface area contributed by atoms with Crippen molar-refractivity contribution in [2.45, 2.75) is 70.9 Å². The minimum absolute atomic E-state index is 0.660. The molecule has 1 aromatic rings. The first-order valence-corrected chi connectivity index (χ1v) is 7.65. The van der Waals surface area contributed by atoms with Gasteiger partial charge in [-0.05, 0) is 31.9 Å². The summed E-state index contributed by atoms with van der Waals surface area (Å²) in [6, 6.07) is 2.83. The van der Waals surface area contributed by atoms with Crippen molar-refractivity contribution in [3.05, 3.63) is 18.0 Å². The van der Waals surface area contributed by atoms with Crippen LogP contribution >= 0.6 is 0 Å². The average molecular weight is 249 g/mol. The molecule has 0 bridgehead atoms. The van der Waals surface area contributed by atoms with Gasteiger partial charge in [-0.25, -0.2) is 0 Å². The molecule has 0 spiro atoms. The third-order valence-corrected chi connectivity index (χ3v) is 3.88. The summed E-state index contributed by atoms with van der Waals surface area (Å²) in [6.07, 6.45) is 12.8. The second-order valence-corrected chi connectivity index (χ2v) is 5.46. The van der Waals surface area contributed by atoms with Gasteiger partial charge in [-0.1, -0.05) is 39.0 Å². The van der Waals surface area contributed by atoms with Crippen LogP contribution in [0.3, 0.4) is 0 Å². The summed E-state index contributed by atoms with van der Waals surface area (Å²) >= 11 is 0.